The molecule has 34 nitrogen and oxygen atoms in total. The molecule has 6 aromatic carbocycles. The number of amides is 8. The largest absolute Gasteiger partial charge is 0.508 e. The quantitative estimate of drug-likeness (QED) is 0.0425. The smallest absolute Gasteiger partial charge is 0.264 e. The molecule has 17 rings (SSSR count). The zero-order chi connectivity index (χ0) is 82.0. The number of phenols is 1. The summed E-state index contributed by atoms with van der Waals surface area (Å²) in [5.41, 5.74) is -2.08. The zero-order valence-corrected chi connectivity index (χ0v) is 63.9. The molecule has 8 amide bonds. The zero-order valence-electron chi connectivity index (χ0n) is 62.4. The van der Waals surface area contributed by atoms with Crippen LogP contribution in [-0.2, 0) is 63.6 Å². The van der Waals surface area contributed by atoms with E-state index in [9.17, 15) is 64.0 Å². The minimum Gasteiger partial charge on any atom is -0.508 e. The van der Waals surface area contributed by atoms with Gasteiger partial charge in [0, 0.05) is 24.3 Å². The predicted octanol–water partition coefficient (Wildman–Crippen LogP) is 1.20. The van der Waals surface area contributed by atoms with E-state index in [0.717, 1.165) is 74.6 Å². The minimum absolute atomic E-state index is 0.0811. The van der Waals surface area contributed by atoms with Gasteiger partial charge in [-0.05, 0) is 193 Å². The lowest BCUT2D eigenvalue weighted by atomic mass is 9.54. The highest BCUT2D eigenvalue weighted by Gasteiger charge is 2.52. The van der Waals surface area contributed by atoms with Gasteiger partial charge in [-0.3, -0.25) is 38.4 Å². The minimum atomic E-state index is -4.90. The maximum absolute atomic E-state index is 16.4. The highest BCUT2D eigenvalue weighted by Crippen LogP contribution is 2.56. The van der Waals surface area contributed by atoms with Gasteiger partial charge in [-0.25, -0.2) is 13.1 Å². The summed E-state index contributed by atoms with van der Waals surface area (Å²) in [4.78, 5) is 123. The summed E-state index contributed by atoms with van der Waals surface area (Å²) in [6.45, 7) is 2.92. The highest BCUT2D eigenvalue weighted by atomic mass is 35.5. The van der Waals surface area contributed by atoms with Crippen molar-refractivity contribution >= 4 is 68.9 Å². The van der Waals surface area contributed by atoms with Crippen LogP contribution in [0.2, 0.25) is 5.02 Å². The number of methoxy groups -OCH3 is 1. The van der Waals surface area contributed by atoms with Crippen molar-refractivity contribution in [1.29, 1.82) is 0 Å². The Morgan fingerprint density at radius 3 is 1.97 bits per heavy atom. The van der Waals surface area contributed by atoms with Gasteiger partial charge in [0.25, 0.3) is 10.0 Å². The van der Waals surface area contributed by atoms with Crippen molar-refractivity contribution in [3.8, 4) is 51.4 Å². The fraction of sp³-hybridized carbons (Fsp3) is 0.443. The molecule has 36 heteroatoms. The van der Waals surface area contributed by atoms with E-state index in [0.29, 0.717) is 11.8 Å². The van der Waals surface area contributed by atoms with E-state index in [1.54, 1.807) is 13.8 Å². The van der Waals surface area contributed by atoms with E-state index in [1.165, 1.54) is 80.9 Å². The Hall–Kier alpha value is -10.1. The van der Waals surface area contributed by atoms with Crippen molar-refractivity contribution in [3.63, 3.8) is 0 Å². The standard InChI is InChI=1S/C79H88ClN9O25S/c1-33(2)19-51(81-3)71(98)87-64-66(94)38-8-16-53(50(80)26-38)112-55-28-41-27-54(70(55)114-78-69(97)68(96)67(95)56(32-90)113-78)111-44-9-5-36(6-10-44)65(93)63-77(104)86-62(75(102)83-59-39-21-34-20-35(23-39)24-40(59)22-34)47-29-42(91)30-49-58(47)46-25-37(7-15-48(46)79(49,105)106)60(73(100)88-63)85-74(101)61(41)84-72(99)52(82-76(64)103)31-57(92)89-115(107,108)45-13-11-43(12-14-45)110-18-17-109-4/h5-16,25-30,33-35,39-40,51-52,56,59-69,78,81,90-91,93-97,105-106H,17-24,31-32H2,1-4H3,(H,82,103)(H,83,102)(H,84,99)(H,85,101)(H,86,104)(H,87,98)(H,88,100)(H,89,92)/t34?,35?,39?,40?,51-,52+,56-,59?,60-,61-,62+,63+,64-,65-,66-,67-,68+,69-,78+/m1/s1. The number of carbonyl (C=O) groups excluding carboxylic acids is 8. The number of phenolic OH excluding ortho intramolecular Hbond substituents is 1. The number of aliphatic hydroxyl groups excluding tert-OH is 6. The molecule has 1 saturated heterocycles. The van der Waals surface area contributed by atoms with E-state index in [4.69, 9.17) is 40.0 Å². The van der Waals surface area contributed by atoms with Gasteiger partial charge in [-0.1, -0.05) is 55.8 Å². The number of nitrogens with one attached hydrogen (secondary N) is 9. The summed E-state index contributed by atoms with van der Waals surface area (Å²) in [6.07, 6.45) is -10.8. The van der Waals surface area contributed by atoms with Crippen LogP contribution in [0.5, 0.6) is 40.2 Å². The fourth-order valence-electron chi connectivity index (χ4n) is 17.1. The summed E-state index contributed by atoms with van der Waals surface area (Å²) in [5, 5.41) is 126. The Bertz CT molecular complexity index is 4890. The number of hydrogen-bond donors (Lipinski definition) is 18. The number of halogens is 1. The summed E-state index contributed by atoms with van der Waals surface area (Å²) in [6, 6.07) is 6.68. The van der Waals surface area contributed by atoms with E-state index >= 15 is 28.8 Å². The number of hydrogen-bond acceptors (Lipinski definition) is 26. The molecule has 5 aliphatic carbocycles. The van der Waals surface area contributed by atoms with E-state index in [1.807, 2.05) is 4.72 Å². The van der Waals surface area contributed by atoms with Crippen LogP contribution in [0.3, 0.4) is 0 Å². The molecule has 18 N–H and O–H groups in total. The number of ether oxygens (including phenoxy) is 6. The van der Waals surface area contributed by atoms with E-state index < -0.39 is 195 Å². The first-order chi connectivity index (χ1) is 54.8. The normalized spacial score (nSPS) is 28.8. The van der Waals surface area contributed by atoms with Crippen molar-refractivity contribution in [2.45, 2.75) is 161 Å². The number of fused-ring (bicyclic) bond motifs is 12. The van der Waals surface area contributed by atoms with Crippen molar-refractivity contribution in [1.82, 2.24) is 47.3 Å². The number of likely N-dealkylation sites (N-methyl/N-ethyl adjacent to an activating group) is 1. The Kier molecular flexibility index (Phi) is 23.3. The van der Waals surface area contributed by atoms with Crippen molar-refractivity contribution in [2.75, 3.05) is 34.0 Å². The lowest BCUT2D eigenvalue weighted by Crippen LogP contribution is -2.60. The fourth-order valence-corrected chi connectivity index (χ4v) is 18.3. The first-order valence-corrected chi connectivity index (χ1v) is 39.5. The van der Waals surface area contributed by atoms with Gasteiger partial charge in [0.2, 0.25) is 65.1 Å². The SMILES string of the molecule is CN[C@H](CC(C)C)C(=O)N[C@H]1C(=O)N[C@@H](CC(=O)NS(=O)(=O)c2ccc(OCCOC)cc2)C(=O)N[C@H]2C(=O)N[C@H]3C(=O)N[C@H](C(=O)N[C@H](C(=O)NC4C5CC6CC(C5)CC4C6)c4cc(O)cc5c4-c4cc3ccc4C5(O)O)[C@H](O)c3ccc(cc3)Oc3cc2cc(c3O[C@@H]2O[C@H](CO)[C@@H](O)[C@H](O)[C@H]2O)Oc2ccc(cc2Cl)[C@H]1O. The van der Waals surface area contributed by atoms with Gasteiger partial charge >= 0.3 is 0 Å². The molecule has 15 bridgehead atoms. The van der Waals surface area contributed by atoms with Crippen molar-refractivity contribution < 1.29 is 121 Å². The number of sulfonamides is 1. The topological polar surface area (TPSA) is 516 Å². The molecule has 0 radical (unpaired) electrons. The third-order valence-electron chi connectivity index (χ3n) is 22.6. The summed E-state index contributed by atoms with van der Waals surface area (Å²) in [7, 11) is -2.00. The molecule has 6 aliphatic heterocycles. The molecule has 6 heterocycles. The molecule has 14 atom stereocenters. The predicted molar refractivity (Wildman–Crippen MR) is 401 cm³/mol. The molecule has 11 aliphatic rings. The molecule has 0 aromatic heterocycles. The third-order valence-corrected chi connectivity index (χ3v) is 24.3. The van der Waals surface area contributed by atoms with E-state index in [-0.39, 0.29) is 110 Å². The molecule has 4 saturated carbocycles. The summed E-state index contributed by atoms with van der Waals surface area (Å²) in [5.74, 6) is -14.9. The monoisotopic (exact) mass is 1630 g/mol. The molecule has 612 valence electrons. The number of aromatic hydroxyl groups is 1. The van der Waals surface area contributed by atoms with Crippen molar-refractivity contribution in [2.24, 2.45) is 29.6 Å². The molecule has 0 unspecified atom stereocenters. The van der Waals surface area contributed by atoms with Crippen LogP contribution in [0, 0.1) is 29.6 Å². The average Bonchev–Trinajstić information content (AvgIpc) is 1.59. The second-order valence-electron chi connectivity index (χ2n) is 30.8. The lowest BCUT2D eigenvalue weighted by Gasteiger charge is -2.54. The van der Waals surface area contributed by atoms with Crippen LogP contribution in [-0.4, -0.2) is 197 Å². The Morgan fingerprint density at radius 1 is 0.661 bits per heavy atom. The maximum atomic E-state index is 16.4. The van der Waals surface area contributed by atoms with Gasteiger partial charge in [0.15, 0.2) is 11.5 Å². The highest BCUT2D eigenvalue weighted by molar-refractivity contribution is 7.90. The molecular weight excluding hydrogens is 1540 g/mol. The summed E-state index contributed by atoms with van der Waals surface area (Å²) < 4.78 is 66.2. The Morgan fingerprint density at radius 2 is 1.31 bits per heavy atom. The van der Waals surface area contributed by atoms with Gasteiger partial charge in [0.05, 0.1) is 35.6 Å². The molecular formula is C79H88ClN9O25S. The second kappa shape index (κ2) is 32.9. The third kappa shape index (κ3) is 16.5. The van der Waals surface area contributed by atoms with Gasteiger partial charge < -0.3 is 117 Å². The van der Waals surface area contributed by atoms with Gasteiger partial charge in [0.1, 0.15) is 102 Å². The first kappa shape index (κ1) is 81.4. The first-order valence-electron chi connectivity index (χ1n) is 37.6. The van der Waals surface area contributed by atoms with Crippen LogP contribution in [0.25, 0.3) is 11.1 Å². The number of carbonyl (C=O) groups is 8. The van der Waals surface area contributed by atoms with Crippen LogP contribution in [0.15, 0.2) is 114 Å². The maximum Gasteiger partial charge on any atom is 0.264 e. The number of rotatable bonds is 18. The average molecular weight is 1630 g/mol. The molecule has 0 spiro atoms. The van der Waals surface area contributed by atoms with Crippen molar-refractivity contribution in [3.05, 3.63) is 153 Å². The van der Waals surface area contributed by atoms with Crippen LogP contribution in [0.1, 0.15) is 128 Å². The van der Waals surface area contributed by atoms with E-state index in [2.05, 4.69) is 42.5 Å². The number of benzene rings is 6. The van der Waals surface area contributed by atoms with Gasteiger partial charge in [-0.15, -0.1) is 0 Å². The Balaban J connectivity index is 0.945. The van der Waals surface area contributed by atoms with Crippen LogP contribution >= 0.6 is 11.6 Å². The lowest BCUT2D eigenvalue weighted by molar-refractivity contribution is -0.277. The summed E-state index contributed by atoms with van der Waals surface area (Å²) >= 11 is 7.08. The Labute approximate surface area is 662 Å². The van der Waals surface area contributed by atoms with Crippen LogP contribution in [0.4, 0.5) is 0 Å². The van der Waals surface area contributed by atoms with Gasteiger partial charge in [-0.2, -0.15) is 0 Å². The molecule has 6 aromatic rings. The molecule has 115 heavy (non-hydrogen) atoms. The second-order valence-corrected chi connectivity index (χ2v) is 32.9. The molecule has 5 fully saturated rings. The number of aliphatic hydroxyl groups is 8. The van der Waals surface area contributed by atoms with Crippen LogP contribution < -0.4 is 66.2 Å².